The van der Waals surface area contributed by atoms with E-state index in [1.165, 1.54) is 24.5 Å². The highest BCUT2D eigenvalue weighted by atomic mass is 32.1. The summed E-state index contributed by atoms with van der Waals surface area (Å²) in [6, 6.07) is 8.35. The third-order valence-corrected chi connectivity index (χ3v) is 4.46. The lowest BCUT2D eigenvalue weighted by atomic mass is 10.1. The lowest BCUT2D eigenvalue weighted by Crippen LogP contribution is -2.22. The average molecular weight is 319 g/mol. The Balaban J connectivity index is 1.93. The molecule has 0 aliphatic rings. The van der Waals surface area contributed by atoms with E-state index in [-0.39, 0.29) is 24.9 Å². The summed E-state index contributed by atoms with van der Waals surface area (Å²) >= 11 is 1.26. The molecule has 0 bridgehead atoms. The number of carbonyl (C=O) groups is 1. The van der Waals surface area contributed by atoms with Crippen LogP contribution in [0.3, 0.4) is 0 Å². The first-order valence-electron chi connectivity index (χ1n) is 6.70. The standard InChI is InChI=1S/C16H14FNO3S/c1-20-9-11-14-12(17)5-2-6-13(14)22-15(11)16(19)18-8-10-4-3-7-21-10/h2-7H,8-9H2,1H3,(H,18,19). The third kappa shape index (κ3) is 2.75. The highest BCUT2D eigenvalue weighted by Crippen LogP contribution is 2.33. The Hall–Kier alpha value is -2.18. The highest BCUT2D eigenvalue weighted by molar-refractivity contribution is 7.21. The molecular weight excluding hydrogens is 305 g/mol. The van der Waals surface area contributed by atoms with Crippen LogP contribution in [0.25, 0.3) is 10.1 Å². The van der Waals surface area contributed by atoms with Gasteiger partial charge in [-0.2, -0.15) is 0 Å². The Bertz CT molecular complexity index is 795. The van der Waals surface area contributed by atoms with Gasteiger partial charge in [-0.3, -0.25) is 4.79 Å². The van der Waals surface area contributed by atoms with E-state index in [0.717, 1.165) is 4.70 Å². The van der Waals surface area contributed by atoms with Crippen molar-refractivity contribution in [3.8, 4) is 0 Å². The number of carbonyl (C=O) groups excluding carboxylic acids is 1. The van der Waals surface area contributed by atoms with Crippen LogP contribution in [0.1, 0.15) is 21.0 Å². The molecule has 2 aromatic heterocycles. The van der Waals surface area contributed by atoms with Gasteiger partial charge in [0.25, 0.3) is 5.91 Å². The first-order valence-corrected chi connectivity index (χ1v) is 7.51. The predicted octanol–water partition coefficient (Wildman–Crippen LogP) is 3.71. The van der Waals surface area contributed by atoms with Crippen LogP contribution in [0, 0.1) is 5.82 Å². The minimum absolute atomic E-state index is 0.185. The van der Waals surface area contributed by atoms with Crippen molar-refractivity contribution in [2.24, 2.45) is 0 Å². The molecule has 1 amide bonds. The van der Waals surface area contributed by atoms with Crippen LogP contribution in [0.15, 0.2) is 41.0 Å². The second-order valence-electron chi connectivity index (χ2n) is 4.72. The molecule has 0 fully saturated rings. The van der Waals surface area contributed by atoms with E-state index in [9.17, 15) is 9.18 Å². The monoisotopic (exact) mass is 319 g/mol. The molecule has 0 aliphatic heterocycles. The van der Waals surface area contributed by atoms with E-state index in [1.807, 2.05) is 0 Å². The Morgan fingerprint density at radius 3 is 2.95 bits per heavy atom. The van der Waals surface area contributed by atoms with E-state index in [2.05, 4.69) is 5.32 Å². The van der Waals surface area contributed by atoms with E-state index in [4.69, 9.17) is 9.15 Å². The third-order valence-electron chi connectivity index (χ3n) is 3.26. The van der Waals surface area contributed by atoms with Crippen LogP contribution in [0.4, 0.5) is 4.39 Å². The van der Waals surface area contributed by atoms with E-state index in [0.29, 0.717) is 21.6 Å². The molecule has 114 valence electrons. The second-order valence-corrected chi connectivity index (χ2v) is 5.77. The summed E-state index contributed by atoms with van der Waals surface area (Å²) in [7, 11) is 1.52. The van der Waals surface area contributed by atoms with Gasteiger partial charge in [-0.1, -0.05) is 6.07 Å². The van der Waals surface area contributed by atoms with Crippen LogP contribution < -0.4 is 5.32 Å². The fraction of sp³-hybridized carbons (Fsp3) is 0.188. The van der Waals surface area contributed by atoms with Crippen molar-refractivity contribution in [2.75, 3.05) is 7.11 Å². The number of rotatable bonds is 5. The van der Waals surface area contributed by atoms with Gasteiger partial charge >= 0.3 is 0 Å². The minimum Gasteiger partial charge on any atom is -0.467 e. The molecule has 1 aromatic carbocycles. The number of hydrogen-bond donors (Lipinski definition) is 1. The number of hydrogen-bond acceptors (Lipinski definition) is 4. The summed E-state index contributed by atoms with van der Waals surface area (Å²) in [4.78, 5) is 12.9. The number of nitrogens with one attached hydrogen (secondary N) is 1. The summed E-state index contributed by atoms with van der Waals surface area (Å²) in [5.41, 5.74) is 0.581. The zero-order valence-corrected chi connectivity index (χ0v) is 12.7. The molecule has 0 unspecified atom stereocenters. The number of ether oxygens (including phenoxy) is 1. The van der Waals surface area contributed by atoms with Crippen molar-refractivity contribution in [3.63, 3.8) is 0 Å². The van der Waals surface area contributed by atoms with Crippen LogP contribution in [-0.4, -0.2) is 13.0 Å². The lowest BCUT2D eigenvalue weighted by molar-refractivity contribution is 0.0948. The van der Waals surface area contributed by atoms with E-state index < -0.39 is 0 Å². The van der Waals surface area contributed by atoms with Crippen molar-refractivity contribution in [2.45, 2.75) is 13.2 Å². The predicted molar refractivity (Wildman–Crippen MR) is 82.4 cm³/mol. The Labute approximate surface area is 130 Å². The second kappa shape index (κ2) is 6.29. The Kier molecular flexibility index (Phi) is 4.22. The molecule has 6 heteroatoms. The number of benzene rings is 1. The van der Waals surface area contributed by atoms with Gasteiger partial charge in [-0.25, -0.2) is 4.39 Å². The number of furan rings is 1. The van der Waals surface area contributed by atoms with Crippen molar-refractivity contribution in [3.05, 3.63) is 58.6 Å². The summed E-state index contributed by atoms with van der Waals surface area (Å²) in [5, 5.41) is 3.24. The summed E-state index contributed by atoms with van der Waals surface area (Å²) < 4.78 is 25.1. The van der Waals surface area contributed by atoms with Gasteiger partial charge in [-0.15, -0.1) is 11.3 Å². The quantitative estimate of drug-likeness (QED) is 0.780. The molecule has 2 heterocycles. The van der Waals surface area contributed by atoms with Gasteiger partial charge in [0, 0.05) is 22.8 Å². The van der Waals surface area contributed by atoms with Gasteiger partial charge in [0.1, 0.15) is 11.6 Å². The van der Waals surface area contributed by atoms with Crippen molar-refractivity contribution in [1.82, 2.24) is 5.32 Å². The lowest BCUT2D eigenvalue weighted by Gasteiger charge is -2.05. The van der Waals surface area contributed by atoms with Crippen molar-refractivity contribution >= 4 is 27.3 Å². The number of methoxy groups -OCH3 is 1. The molecule has 4 nitrogen and oxygen atoms in total. The SMILES string of the molecule is COCc1c(C(=O)NCc2ccco2)sc2cccc(F)c12. The smallest absolute Gasteiger partial charge is 0.262 e. The van der Waals surface area contributed by atoms with Crippen molar-refractivity contribution < 1.29 is 18.3 Å². The summed E-state index contributed by atoms with van der Waals surface area (Å²) in [6.45, 7) is 0.472. The fourth-order valence-corrected chi connectivity index (χ4v) is 3.43. The maximum absolute atomic E-state index is 14.1. The zero-order chi connectivity index (χ0) is 15.5. The van der Waals surface area contributed by atoms with Gasteiger partial charge in [-0.05, 0) is 24.3 Å². The molecule has 0 saturated heterocycles. The van der Waals surface area contributed by atoms with E-state index in [1.54, 1.807) is 30.5 Å². The highest BCUT2D eigenvalue weighted by Gasteiger charge is 2.20. The zero-order valence-electron chi connectivity index (χ0n) is 11.9. The maximum Gasteiger partial charge on any atom is 0.262 e. The average Bonchev–Trinajstić information content (AvgIpc) is 3.14. The van der Waals surface area contributed by atoms with Gasteiger partial charge in [0.2, 0.25) is 0 Å². The van der Waals surface area contributed by atoms with Crippen molar-refractivity contribution in [1.29, 1.82) is 0 Å². The van der Waals surface area contributed by atoms with Crippen LogP contribution >= 0.6 is 11.3 Å². The van der Waals surface area contributed by atoms with E-state index >= 15 is 0 Å². The fourth-order valence-electron chi connectivity index (χ4n) is 2.29. The molecule has 22 heavy (non-hydrogen) atoms. The molecule has 0 atom stereocenters. The van der Waals surface area contributed by atoms with Gasteiger partial charge in [0.15, 0.2) is 0 Å². The Morgan fingerprint density at radius 1 is 1.36 bits per heavy atom. The van der Waals surface area contributed by atoms with Crippen LogP contribution in [0.5, 0.6) is 0 Å². The number of thiophene rings is 1. The van der Waals surface area contributed by atoms with Gasteiger partial charge in [0.05, 0.1) is 24.3 Å². The van der Waals surface area contributed by atoms with Gasteiger partial charge < -0.3 is 14.5 Å². The molecule has 3 aromatic rings. The normalized spacial score (nSPS) is 11.0. The molecular formula is C16H14FNO3S. The molecule has 0 saturated carbocycles. The molecule has 0 radical (unpaired) electrons. The largest absolute Gasteiger partial charge is 0.467 e. The number of fused-ring (bicyclic) bond motifs is 1. The molecule has 0 aliphatic carbocycles. The molecule has 1 N–H and O–H groups in total. The van der Waals surface area contributed by atoms with Crippen LogP contribution in [-0.2, 0) is 17.9 Å². The number of halogens is 1. The topological polar surface area (TPSA) is 51.5 Å². The summed E-state index contributed by atoms with van der Waals surface area (Å²) in [5.74, 6) is 0.0591. The number of amides is 1. The Morgan fingerprint density at radius 2 is 2.23 bits per heavy atom. The molecule has 3 rings (SSSR count). The maximum atomic E-state index is 14.1. The molecule has 0 spiro atoms. The summed E-state index contributed by atoms with van der Waals surface area (Å²) in [6.07, 6.45) is 1.55. The first kappa shape index (κ1) is 14.7. The first-order chi connectivity index (χ1) is 10.7. The minimum atomic E-state index is -0.342. The van der Waals surface area contributed by atoms with Crippen LogP contribution in [0.2, 0.25) is 0 Å².